The second-order valence-corrected chi connectivity index (χ2v) is 6.57. The average Bonchev–Trinajstić information content (AvgIpc) is 3.36. The number of aromatic nitrogens is 5. The van der Waals surface area contributed by atoms with Crippen molar-refractivity contribution in [3.63, 3.8) is 0 Å². The third-order valence-corrected chi connectivity index (χ3v) is 5.01. The summed E-state index contributed by atoms with van der Waals surface area (Å²) in [5.74, 6) is 1.93. The van der Waals surface area contributed by atoms with E-state index in [2.05, 4.69) is 32.3 Å². The fourth-order valence-corrected chi connectivity index (χ4v) is 3.65. The van der Waals surface area contributed by atoms with Crippen molar-refractivity contribution in [2.24, 2.45) is 0 Å². The summed E-state index contributed by atoms with van der Waals surface area (Å²) in [6.07, 6.45) is 9.56. The second kappa shape index (κ2) is 6.35. The molecule has 5 rings (SSSR count). The Kier molecular flexibility index (Phi) is 3.71. The molecule has 0 fully saturated rings. The molecule has 1 aliphatic heterocycles. The summed E-state index contributed by atoms with van der Waals surface area (Å²) in [7, 11) is 0. The van der Waals surface area contributed by atoms with Crippen LogP contribution in [-0.4, -0.2) is 31.2 Å². The van der Waals surface area contributed by atoms with Crippen LogP contribution in [0.5, 0.6) is 5.75 Å². The Morgan fingerprint density at radius 2 is 2.07 bits per heavy atom. The minimum Gasteiger partial charge on any atom is -0.493 e. The third kappa shape index (κ3) is 2.68. The van der Waals surface area contributed by atoms with Crippen molar-refractivity contribution >= 4 is 11.3 Å². The van der Waals surface area contributed by atoms with Gasteiger partial charge in [-0.05, 0) is 24.1 Å². The first-order chi connectivity index (χ1) is 13.3. The summed E-state index contributed by atoms with van der Waals surface area (Å²) in [6.45, 7) is 0.765. The van der Waals surface area contributed by atoms with Crippen LogP contribution < -0.4 is 10.5 Å². The number of nitrogens with two attached hydrogens (primary N) is 1. The predicted octanol–water partition coefficient (Wildman–Crippen LogP) is 2.49. The first kappa shape index (κ1) is 15.7. The molecule has 0 amide bonds. The van der Waals surface area contributed by atoms with Gasteiger partial charge >= 0.3 is 0 Å². The monoisotopic (exact) mass is 358 g/mol. The molecule has 134 valence electrons. The number of aryl methyl sites for hydroxylation is 2. The van der Waals surface area contributed by atoms with Gasteiger partial charge in [0.15, 0.2) is 5.65 Å². The number of nitrogen functional groups attached to an aromatic ring is 1. The van der Waals surface area contributed by atoms with Crippen molar-refractivity contribution in [2.75, 3.05) is 12.3 Å². The predicted molar refractivity (Wildman–Crippen MR) is 101 cm³/mol. The highest BCUT2D eigenvalue weighted by Gasteiger charge is 2.17. The zero-order valence-electron chi connectivity index (χ0n) is 14.7. The zero-order chi connectivity index (χ0) is 18.2. The summed E-state index contributed by atoms with van der Waals surface area (Å²) < 4.78 is 7.60. The Hall–Kier alpha value is -3.48. The van der Waals surface area contributed by atoms with Crippen LogP contribution in [-0.2, 0) is 19.3 Å². The van der Waals surface area contributed by atoms with Crippen LogP contribution in [0.2, 0.25) is 0 Å². The molecule has 1 aliphatic rings. The van der Waals surface area contributed by atoms with Gasteiger partial charge in [0.05, 0.1) is 6.61 Å². The molecular weight excluding hydrogens is 340 g/mol. The van der Waals surface area contributed by atoms with E-state index in [1.807, 2.05) is 16.7 Å². The quantitative estimate of drug-likeness (QED) is 0.603. The average molecular weight is 358 g/mol. The topological polar surface area (TPSA) is 91.2 Å². The number of fused-ring (bicyclic) bond motifs is 2. The number of benzene rings is 1. The standard InChI is InChI=1S/C20H18N6O/c21-17-6-8-22-10-15(17)16-11-23-19(26-12-24-25-20(16)26)5-4-13-2-1-3-18-14(13)7-9-27-18/h1-3,6,8,10-12H,4-5,7,9H2,(H2,21,22). The van der Waals surface area contributed by atoms with Gasteiger partial charge in [0.1, 0.15) is 17.9 Å². The lowest BCUT2D eigenvalue weighted by Crippen LogP contribution is -2.05. The molecule has 0 spiro atoms. The third-order valence-electron chi connectivity index (χ3n) is 5.01. The van der Waals surface area contributed by atoms with Crippen LogP contribution >= 0.6 is 0 Å². The van der Waals surface area contributed by atoms with Crippen LogP contribution in [0, 0.1) is 0 Å². The molecule has 0 radical (unpaired) electrons. The number of nitrogens with zero attached hydrogens (tertiary/aromatic N) is 5. The molecule has 3 aromatic heterocycles. The molecule has 0 saturated heterocycles. The van der Waals surface area contributed by atoms with Gasteiger partial charge in [0.25, 0.3) is 0 Å². The molecule has 2 N–H and O–H groups in total. The van der Waals surface area contributed by atoms with E-state index >= 15 is 0 Å². The molecule has 0 saturated carbocycles. The molecule has 4 heterocycles. The fourth-order valence-electron chi connectivity index (χ4n) is 3.65. The Morgan fingerprint density at radius 3 is 3.00 bits per heavy atom. The van der Waals surface area contributed by atoms with E-state index in [1.165, 1.54) is 11.1 Å². The van der Waals surface area contributed by atoms with Crippen molar-refractivity contribution in [1.29, 1.82) is 0 Å². The Labute approximate surface area is 155 Å². The van der Waals surface area contributed by atoms with Crippen LogP contribution in [0.15, 0.2) is 49.2 Å². The fraction of sp³-hybridized carbons (Fsp3) is 0.200. The molecule has 7 nitrogen and oxygen atoms in total. The van der Waals surface area contributed by atoms with E-state index in [1.54, 1.807) is 24.8 Å². The van der Waals surface area contributed by atoms with Crippen LogP contribution in [0.25, 0.3) is 16.8 Å². The molecule has 0 unspecified atom stereocenters. The van der Waals surface area contributed by atoms with Gasteiger partial charge in [0.2, 0.25) is 0 Å². The van der Waals surface area contributed by atoms with Gasteiger partial charge in [-0.2, -0.15) is 0 Å². The van der Waals surface area contributed by atoms with E-state index in [-0.39, 0.29) is 0 Å². The second-order valence-electron chi connectivity index (χ2n) is 6.57. The molecule has 0 atom stereocenters. The number of pyridine rings is 1. The van der Waals surface area contributed by atoms with Gasteiger partial charge in [-0.3, -0.25) is 9.38 Å². The first-order valence-electron chi connectivity index (χ1n) is 8.92. The molecular formula is C20H18N6O. The summed E-state index contributed by atoms with van der Waals surface area (Å²) >= 11 is 0. The zero-order valence-corrected chi connectivity index (χ0v) is 14.7. The number of anilines is 1. The highest BCUT2D eigenvalue weighted by Crippen LogP contribution is 2.30. The highest BCUT2D eigenvalue weighted by atomic mass is 16.5. The maximum absolute atomic E-state index is 6.10. The lowest BCUT2D eigenvalue weighted by atomic mass is 10.0. The summed E-state index contributed by atoms with van der Waals surface area (Å²) in [4.78, 5) is 8.84. The largest absolute Gasteiger partial charge is 0.493 e. The summed E-state index contributed by atoms with van der Waals surface area (Å²) in [5, 5.41) is 8.36. The van der Waals surface area contributed by atoms with Gasteiger partial charge in [-0.15, -0.1) is 10.2 Å². The maximum Gasteiger partial charge on any atom is 0.171 e. The Morgan fingerprint density at radius 1 is 1.11 bits per heavy atom. The Balaban J connectivity index is 1.49. The molecule has 1 aromatic carbocycles. The molecule has 4 aromatic rings. The minimum atomic E-state index is 0.643. The number of ether oxygens (including phenoxy) is 1. The van der Waals surface area contributed by atoms with Crippen molar-refractivity contribution in [3.05, 3.63) is 66.1 Å². The van der Waals surface area contributed by atoms with Gasteiger partial charge in [-0.25, -0.2) is 4.98 Å². The molecule has 0 aliphatic carbocycles. The molecule has 7 heteroatoms. The molecule has 27 heavy (non-hydrogen) atoms. The van der Waals surface area contributed by atoms with E-state index in [0.29, 0.717) is 5.69 Å². The lowest BCUT2D eigenvalue weighted by molar-refractivity contribution is 0.357. The maximum atomic E-state index is 6.10. The highest BCUT2D eigenvalue weighted by molar-refractivity contribution is 5.83. The van der Waals surface area contributed by atoms with Gasteiger partial charge in [0, 0.05) is 53.8 Å². The van der Waals surface area contributed by atoms with E-state index < -0.39 is 0 Å². The van der Waals surface area contributed by atoms with E-state index in [0.717, 1.165) is 54.2 Å². The summed E-state index contributed by atoms with van der Waals surface area (Å²) in [6, 6.07) is 8.03. The number of rotatable bonds is 4. The van der Waals surface area contributed by atoms with E-state index in [9.17, 15) is 0 Å². The van der Waals surface area contributed by atoms with Gasteiger partial charge in [-0.1, -0.05) is 12.1 Å². The smallest absolute Gasteiger partial charge is 0.171 e. The van der Waals surface area contributed by atoms with Crippen LogP contribution in [0.3, 0.4) is 0 Å². The number of hydrogen-bond acceptors (Lipinski definition) is 6. The van der Waals surface area contributed by atoms with Gasteiger partial charge < -0.3 is 10.5 Å². The lowest BCUT2D eigenvalue weighted by Gasteiger charge is -2.10. The van der Waals surface area contributed by atoms with Crippen molar-refractivity contribution < 1.29 is 4.74 Å². The van der Waals surface area contributed by atoms with Crippen molar-refractivity contribution in [2.45, 2.75) is 19.3 Å². The van der Waals surface area contributed by atoms with Crippen LogP contribution in [0.4, 0.5) is 5.69 Å². The normalized spacial score (nSPS) is 12.9. The molecule has 0 bridgehead atoms. The van der Waals surface area contributed by atoms with Crippen molar-refractivity contribution in [1.82, 2.24) is 24.6 Å². The van der Waals surface area contributed by atoms with E-state index in [4.69, 9.17) is 10.5 Å². The summed E-state index contributed by atoms with van der Waals surface area (Å²) in [5.41, 5.74) is 11.8. The van der Waals surface area contributed by atoms with Crippen molar-refractivity contribution in [3.8, 4) is 16.9 Å². The Bertz CT molecular complexity index is 1140. The van der Waals surface area contributed by atoms with Crippen LogP contribution in [0.1, 0.15) is 17.0 Å². The first-order valence-corrected chi connectivity index (χ1v) is 8.92. The SMILES string of the molecule is Nc1ccncc1-c1cnc(CCc2cccc3c2CCO3)n2cnnc12. The minimum absolute atomic E-state index is 0.643. The number of hydrogen-bond donors (Lipinski definition) is 1.